The van der Waals surface area contributed by atoms with Gasteiger partial charge in [-0.3, -0.25) is 9.59 Å². The number of rotatable bonds is 2. The van der Waals surface area contributed by atoms with Crippen molar-refractivity contribution in [3.05, 3.63) is 71.8 Å². The SMILES string of the molecule is CC(=O)O[C@@H]1c2ccc3c4c(cc5cccc(c5c24)[C@@H]1OC(C)=O)-c1ccccc1-3. The molecule has 0 bridgehead atoms. The Bertz CT molecular complexity index is 1420. The number of ether oxygens (including phenoxy) is 2. The van der Waals surface area contributed by atoms with E-state index in [4.69, 9.17) is 9.47 Å². The molecule has 2 aliphatic carbocycles. The second kappa shape index (κ2) is 5.92. The third-order valence-corrected chi connectivity index (χ3v) is 6.17. The summed E-state index contributed by atoms with van der Waals surface area (Å²) in [7, 11) is 0. The highest BCUT2D eigenvalue weighted by Gasteiger charge is 2.39. The zero-order valence-electron chi connectivity index (χ0n) is 16.6. The first-order chi connectivity index (χ1) is 14.5. The van der Waals surface area contributed by atoms with Crippen LogP contribution in [-0.4, -0.2) is 11.9 Å². The molecule has 0 unspecified atom stereocenters. The Morgan fingerprint density at radius 2 is 1.27 bits per heavy atom. The summed E-state index contributed by atoms with van der Waals surface area (Å²) in [5.41, 5.74) is 6.55. The number of esters is 2. The minimum atomic E-state index is -0.683. The van der Waals surface area contributed by atoms with Crippen LogP contribution in [0.5, 0.6) is 0 Å². The molecular formula is C26H18O4. The van der Waals surface area contributed by atoms with Gasteiger partial charge in [0, 0.05) is 25.0 Å². The number of fused-ring (bicyclic) bond motifs is 3. The Morgan fingerprint density at radius 3 is 1.93 bits per heavy atom. The molecule has 146 valence electrons. The average Bonchev–Trinajstić information content (AvgIpc) is 3.05. The van der Waals surface area contributed by atoms with Gasteiger partial charge in [-0.2, -0.15) is 0 Å². The van der Waals surface area contributed by atoms with Crippen molar-refractivity contribution in [3.63, 3.8) is 0 Å². The highest BCUT2D eigenvalue weighted by molar-refractivity contribution is 6.25. The van der Waals surface area contributed by atoms with Gasteiger partial charge in [0.1, 0.15) is 0 Å². The summed E-state index contributed by atoms with van der Waals surface area (Å²) >= 11 is 0. The van der Waals surface area contributed by atoms with E-state index in [1.807, 2.05) is 18.2 Å². The van der Waals surface area contributed by atoms with Gasteiger partial charge >= 0.3 is 11.9 Å². The topological polar surface area (TPSA) is 52.6 Å². The first-order valence-corrected chi connectivity index (χ1v) is 10.0. The van der Waals surface area contributed by atoms with Gasteiger partial charge in [0.25, 0.3) is 0 Å². The van der Waals surface area contributed by atoms with E-state index in [2.05, 4.69) is 42.5 Å². The largest absolute Gasteiger partial charge is 0.453 e. The molecule has 30 heavy (non-hydrogen) atoms. The van der Waals surface area contributed by atoms with Crippen LogP contribution < -0.4 is 0 Å². The van der Waals surface area contributed by atoms with Crippen LogP contribution in [0.2, 0.25) is 0 Å². The standard InChI is InChI=1S/C26H18O4/c1-13(27)29-25-19-9-5-6-15-12-21-17-8-4-3-7-16(17)18-10-11-20(26(25)30-14(2)28)24(22(15)19)23(18)21/h3-12,25-26H,1-2H3/t25-,26+/m0/s1. The summed E-state index contributed by atoms with van der Waals surface area (Å²) in [5, 5.41) is 4.41. The lowest BCUT2D eigenvalue weighted by Gasteiger charge is -2.33. The van der Waals surface area contributed by atoms with Crippen LogP contribution in [0.3, 0.4) is 0 Å². The lowest BCUT2D eigenvalue weighted by Crippen LogP contribution is -2.24. The van der Waals surface area contributed by atoms with Crippen molar-refractivity contribution < 1.29 is 19.1 Å². The number of hydrogen-bond donors (Lipinski definition) is 0. The molecule has 0 spiro atoms. The van der Waals surface area contributed by atoms with E-state index < -0.39 is 24.1 Å². The smallest absolute Gasteiger partial charge is 0.303 e. The third-order valence-electron chi connectivity index (χ3n) is 6.17. The van der Waals surface area contributed by atoms with Crippen molar-refractivity contribution in [2.75, 3.05) is 0 Å². The first kappa shape index (κ1) is 17.2. The molecular weight excluding hydrogens is 376 g/mol. The van der Waals surface area contributed by atoms with Crippen LogP contribution >= 0.6 is 0 Å². The molecule has 0 aromatic heterocycles. The predicted molar refractivity (Wildman–Crippen MR) is 115 cm³/mol. The lowest BCUT2D eigenvalue weighted by molar-refractivity contribution is -0.166. The average molecular weight is 394 g/mol. The molecule has 0 fully saturated rings. The van der Waals surface area contributed by atoms with Crippen molar-refractivity contribution in [1.29, 1.82) is 0 Å². The molecule has 0 aliphatic heterocycles. The molecule has 2 atom stereocenters. The summed E-state index contributed by atoms with van der Waals surface area (Å²) in [6.07, 6.45) is -1.36. The molecule has 4 heteroatoms. The number of carbonyl (C=O) groups excluding carboxylic acids is 2. The normalized spacial score (nSPS) is 17.9. The Hall–Kier alpha value is -3.66. The second-order valence-electron chi connectivity index (χ2n) is 7.93. The summed E-state index contributed by atoms with van der Waals surface area (Å²) < 4.78 is 11.4. The maximum atomic E-state index is 12.0. The van der Waals surface area contributed by atoms with Gasteiger partial charge in [-0.15, -0.1) is 0 Å². The summed E-state index contributed by atoms with van der Waals surface area (Å²) in [5.74, 6) is -0.807. The van der Waals surface area contributed by atoms with E-state index in [0.29, 0.717) is 0 Å². The molecule has 0 N–H and O–H groups in total. The van der Waals surface area contributed by atoms with Crippen molar-refractivity contribution in [1.82, 2.24) is 0 Å². The fourth-order valence-corrected chi connectivity index (χ4v) is 5.19. The van der Waals surface area contributed by atoms with E-state index in [1.54, 1.807) is 0 Å². The quantitative estimate of drug-likeness (QED) is 0.278. The van der Waals surface area contributed by atoms with Crippen molar-refractivity contribution in [2.24, 2.45) is 0 Å². The molecule has 0 heterocycles. The molecule has 4 aromatic rings. The van der Waals surface area contributed by atoms with E-state index in [-0.39, 0.29) is 0 Å². The zero-order chi connectivity index (χ0) is 20.6. The van der Waals surface area contributed by atoms with Gasteiger partial charge in [0.15, 0.2) is 12.2 Å². The van der Waals surface area contributed by atoms with Crippen LogP contribution in [0.15, 0.2) is 60.7 Å². The Morgan fingerprint density at radius 1 is 0.633 bits per heavy atom. The number of hydrogen-bond acceptors (Lipinski definition) is 4. The fourth-order valence-electron chi connectivity index (χ4n) is 5.19. The predicted octanol–water partition coefficient (Wildman–Crippen LogP) is 5.86. The third kappa shape index (κ3) is 2.16. The summed E-state index contributed by atoms with van der Waals surface area (Å²) in [6, 6.07) is 20.8. The number of carbonyl (C=O) groups is 2. The van der Waals surface area contributed by atoms with Crippen molar-refractivity contribution in [3.8, 4) is 22.3 Å². The summed E-state index contributed by atoms with van der Waals surface area (Å²) in [4.78, 5) is 23.9. The minimum absolute atomic E-state index is 0.403. The lowest BCUT2D eigenvalue weighted by atomic mass is 9.81. The molecule has 0 saturated carbocycles. The highest BCUT2D eigenvalue weighted by Crippen LogP contribution is 2.55. The molecule has 2 aliphatic rings. The molecule has 4 nitrogen and oxygen atoms in total. The first-order valence-electron chi connectivity index (χ1n) is 10.0. The maximum absolute atomic E-state index is 12.0. The fraction of sp³-hybridized carbons (Fsp3) is 0.154. The minimum Gasteiger partial charge on any atom is -0.453 e. The Labute approximate surface area is 173 Å². The van der Waals surface area contributed by atoms with Crippen molar-refractivity contribution >= 4 is 33.5 Å². The van der Waals surface area contributed by atoms with Crippen LogP contribution in [0, 0.1) is 0 Å². The monoisotopic (exact) mass is 394 g/mol. The van der Waals surface area contributed by atoms with Crippen LogP contribution in [-0.2, 0) is 19.1 Å². The highest BCUT2D eigenvalue weighted by atomic mass is 16.6. The van der Waals surface area contributed by atoms with Gasteiger partial charge in [-0.1, -0.05) is 54.6 Å². The van der Waals surface area contributed by atoms with Gasteiger partial charge in [0.05, 0.1) is 0 Å². The van der Waals surface area contributed by atoms with E-state index in [0.717, 1.165) is 27.3 Å². The van der Waals surface area contributed by atoms with E-state index in [9.17, 15) is 9.59 Å². The van der Waals surface area contributed by atoms with E-state index >= 15 is 0 Å². The molecule has 0 radical (unpaired) electrons. The van der Waals surface area contributed by atoms with Crippen LogP contribution in [0.25, 0.3) is 43.8 Å². The maximum Gasteiger partial charge on any atom is 0.303 e. The van der Waals surface area contributed by atoms with E-state index in [1.165, 1.54) is 41.5 Å². The second-order valence-corrected chi connectivity index (χ2v) is 7.93. The van der Waals surface area contributed by atoms with Crippen LogP contribution in [0.4, 0.5) is 0 Å². The molecule has 0 saturated heterocycles. The Balaban J connectivity index is 1.78. The van der Waals surface area contributed by atoms with Gasteiger partial charge < -0.3 is 9.47 Å². The number of benzene rings is 4. The Kier molecular flexibility index (Phi) is 3.40. The van der Waals surface area contributed by atoms with Gasteiger partial charge in [-0.25, -0.2) is 0 Å². The molecule has 4 aromatic carbocycles. The van der Waals surface area contributed by atoms with Crippen LogP contribution in [0.1, 0.15) is 37.2 Å². The summed E-state index contributed by atoms with van der Waals surface area (Å²) in [6.45, 7) is 2.77. The van der Waals surface area contributed by atoms with Crippen molar-refractivity contribution in [2.45, 2.75) is 26.1 Å². The van der Waals surface area contributed by atoms with Gasteiger partial charge in [-0.05, 0) is 49.9 Å². The molecule has 6 rings (SSSR count). The molecule has 0 amide bonds. The van der Waals surface area contributed by atoms with Gasteiger partial charge in [0.2, 0.25) is 0 Å². The zero-order valence-corrected chi connectivity index (χ0v) is 16.6.